The van der Waals surface area contributed by atoms with Gasteiger partial charge < -0.3 is 14.2 Å². The Bertz CT molecular complexity index is 1460. The van der Waals surface area contributed by atoms with Gasteiger partial charge in [0.25, 0.3) is 5.91 Å². The molecular formula is C32H28N2O4S2. The first-order valence-electron chi connectivity index (χ1n) is 13.0. The Balaban J connectivity index is 1.26. The number of carbonyl (C=O) groups is 1. The van der Waals surface area contributed by atoms with Crippen molar-refractivity contribution >= 4 is 45.9 Å². The molecule has 2 aliphatic heterocycles. The molecule has 202 valence electrons. The zero-order valence-electron chi connectivity index (χ0n) is 22.1. The standard InChI is InChI=1S/C32H28N2O4S2/c1-21-10-14-24(15-11-21)36-28-20-29(38-31(28)37-25-16-12-22(2)13-17-25)40-32-33-27(19-26-9-6-18-39-26)30(35)34(32)23-7-4-3-5-8-23/h3-19,28-29,31H,20H2,1-2H3. The molecule has 0 radical (unpaired) electrons. The highest BCUT2D eigenvalue weighted by atomic mass is 32.2. The van der Waals surface area contributed by atoms with Crippen LogP contribution < -0.4 is 14.4 Å². The summed E-state index contributed by atoms with van der Waals surface area (Å²) in [6.07, 6.45) is 1.39. The lowest BCUT2D eigenvalue weighted by molar-refractivity contribution is -0.113. The molecule has 1 aromatic heterocycles. The van der Waals surface area contributed by atoms with Crippen LogP contribution in [0.1, 0.15) is 22.4 Å². The molecule has 0 aliphatic carbocycles. The number of carbonyl (C=O) groups excluding carboxylic acids is 1. The van der Waals surface area contributed by atoms with Crippen molar-refractivity contribution in [1.82, 2.24) is 0 Å². The van der Waals surface area contributed by atoms with Gasteiger partial charge in [0.2, 0.25) is 6.29 Å². The number of aliphatic imine (C=N–C) groups is 1. The largest absolute Gasteiger partial charge is 0.484 e. The molecule has 4 aromatic rings. The van der Waals surface area contributed by atoms with Gasteiger partial charge in [0.15, 0.2) is 11.3 Å². The van der Waals surface area contributed by atoms with Crippen molar-refractivity contribution in [3.05, 3.63) is 118 Å². The fourth-order valence-corrected chi connectivity index (χ4v) is 6.21. The number of para-hydroxylation sites is 1. The highest BCUT2D eigenvalue weighted by Gasteiger charge is 2.42. The van der Waals surface area contributed by atoms with Gasteiger partial charge in [-0.05, 0) is 67.8 Å². The monoisotopic (exact) mass is 568 g/mol. The molecule has 6 rings (SSSR count). The van der Waals surface area contributed by atoms with Crippen molar-refractivity contribution in [3.8, 4) is 11.5 Å². The van der Waals surface area contributed by atoms with Gasteiger partial charge in [-0.3, -0.25) is 9.69 Å². The van der Waals surface area contributed by atoms with Gasteiger partial charge in [0.05, 0.1) is 5.69 Å². The van der Waals surface area contributed by atoms with Crippen LogP contribution in [0.3, 0.4) is 0 Å². The number of benzene rings is 3. The number of ether oxygens (including phenoxy) is 3. The maximum Gasteiger partial charge on any atom is 0.283 e. The predicted molar refractivity (Wildman–Crippen MR) is 162 cm³/mol. The average Bonchev–Trinajstić information content (AvgIpc) is 3.68. The molecule has 3 heterocycles. The minimum Gasteiger partial charge on any atom is -0.484 e. The number of aryl methyl sites for hydroxylation is 2. The van der Waals surface area contributed by atoms with E-state index in [-0.39, 0.29) is 17.4 Å². The second-order valence-electron chi connectivity index (χ2n) is 9.60. The number of nitrogens with zero attached hydrogens (tertiary/aromatic N) is 2. The van der Waals surface area contributed by atoms with E-state index < -0.39 is 6.29 Å². The summed E-state index contributed by atoms with van der Waals surface area (Å²) in [5.41, 5.74) is 3.12. The topological polar surface area (TPSA) is 60.4 Å². The summed E-state index contributed by atoms with van der Waals surface area (Å²) in [5, 5.41) is 2.55. The van der Waals surface area contributed by atoms with Crippen molar-refractivity contribution in [2.75, 3.05) is 4.90 Å². The quantitative estimate of drug-likeness (QED) is 0.217. The third kappa shape index (κ3) is 5.99. The number of amidine groups is 1. The number of hydrogen-bond donors (Lipinski definition) is 0. The highest BCUT2D eigenvalue weighted by Crippen LogP contribution is 2.38. The molecular weight excluding hydrogens is 540 g/mol. The van der Waals surface area contributed by atoms with Gasteiger partial charge in [-0.15, -0.1) is 11.3 Å². The summed E-state index contributed by atoms with van der Waals surface area (Å²) >= 11 is 2.97. The Morgan fingerprint density at radius 3 is 2.23 bits per heavy atom. The Morgan fingerprint density at radius 2 is 1.57 bits per heavy atom. The molecule has 1 fully saturated rings. The van der Waals surface area contributed by atoms with Gasteiger partial charge >= 0.3 is 0 Å². The third-order valence-corrected chi connectivity index (χ3v) is 8.37. The second-order valence-corrected chi connectivity index (χ2v) is 11.7. The van der Waals surface area contributed by atoms with E-state index in [2.05, 4.69) is 0 Å². The smallest absolute Gasteiger partial charge is 0.283 e. The molecule has 8 heteroatoms. The van der Waals surface area contributed by atoms with E-state index in [1.165, 1.54) is 11.8 Å². The molecule has 0 saturated carbocycles. The number of thiophene rings is 1. The fourth-order valence-electron chi connectivity index (χ4n) is 4.43. The molecule has 3 unspecified atom stereocenters. The number of amides is 1. The van der Waals surface area contributed by atoms with Gasteiger partial charge in [-0.1, -0.05) is 71.4 Å². The summed E-state index contributed by atoms with van der Waals surface area (Å²) in [7, 11) is 0. The Labute approximate surface area is 241 Å². The van der Waals surface area contributed by atoms with E-state index in [1.807, 2.05) is 116 Å². The van der Waals surface area contributed by atoms with Crippen LogP contribution in [0, 0.1) is 13.8 Å². The second kappa shape index (κ2) is 11.7. The van der Waals surface area contributed by atoms with Gasteiger partial charge in [-0.2, -0.15) is 0 Å². The van der Waals surface area contributed by atoms with Crippen LogP contribution in [0.15, 0.2) is 107 Å². The van der Waals surface area contributed by atoms with E-state index in [1.54, 1.807) is 16.2 Å². The molecule has 0 N–H and O–H groups in total. The summed E-state index contributed by atoms with van der Waals surface area (Å²) in [6.45, 7) is 4.08. The molecule has 40 heavy (non-hydrogen) atoms. The first kappa shape index (κ1) is 26.4. The zero-order valence-corrected chi connectivity index (χ0v) is 23.7. The van der Waals surface area contributed by atoms with Crippen LogP contribution in [-0.4, -0.2) is 28.9 Å². The summed E-state index contributed by atoms with van der Waals surface area (Å²) in [6, 6.07) is 29.3. The molecule has 2 aliphatic rings. The molecule has 0 spiro atoms. The fraction of sp³-hybridized carbons (Fsp3) is 0.188. The Morgan fingerprint density at radius 1 is 0.900 bits per heavy atom. The minimum absolute atomic E-state index is 0.167. The lowest BCUT2D eigenvalue weighted by Crippen LogP contribution is -2.32. The van der Waals surface area contributed by atoms with Crippen molar-refractivity contribution in [1.29, 1.82) is 0 Å². The van der Waals surface area contributed by atoms with Crippen LogP contribution in [0.25, 0.3) is 6.08 Å². The molecule has 6 nitrogen and oxygen atoms in total. The first-order chi connectivity index (χ1) is 19.5. The van der Waals surface area contributed by atoms with E-state index in [9.17, 15) is 4.79 Å². The van der Waals surface area contributed by atoms with Crippen molar-refractivity contribution in [3.63, 3.8) is 0 Å². The highest BCUT2D eigenvalue weighted by molar-refractivity contribution is 8.14. The number of rotatable bonds is 7. The van der Waals surface area contributed by atoms with Crippen molar-refractivity contribution < 1.29 is 19.0 Å². The van der Waals surface area contributed by atoms with Gasteiger partial charge in [-0.25, -0.2) is 4.99 Å². The van der Waals surface area contributed by atoms with E-state index in [0.29, 0.717) is 23.0 Å². The van der Waals surface area contributed by atoms with Gasteiger partial charge in [0.1, 0.15) is 22.6 Å². The van der Waals surface area contributed by atoms with Crippen LogP contribution in [0.4, 0.5) is 5.69 Å². The van der Waals surface area contributed by atoms with Gasteiger partial charge in [0, 0.05) is 11.3 Å². The molecule has 1 saturated heterocycles. The summed E-state index contributed by atoms with van der Waals surface area (Å²) < 4.78 is 19.0. The van der Waals surface area contributed by atoms with Crippen LogP contribution in [0.2, 0.25) is 0 Å². The third-order valence-electron chi connectivity index (χ3n) is 6.50. The maximum absolute atomic E-state index is 13.5. The van der Waals surface area contributed by atoms with E-state index in [0.717, 1.165) is 27.4 Å². The van der Waals surface area contributed by atoms with Crippen molar-refractivity contribution in [2.45, 2.75) is 38.1 Å². The molecule has 0 bridgehead atoms. The average molecular weight is 569 g/mol. The SMILES string of the molecule is Cc1ccc(OC2CC(SC3=NC(=Cc4cccs4)C(=O)N3c3ccccc3)OC2Oc2ccc(C)cc2)cc1. The molecule has 3 aromatic carbocycles. The molecule has 1 amide bonds. The first-order valence-corrected chi connectivity index (χ1v) is 14.8. The Hall–Kier alpha value is -3.85. The lowest BCUT2D eigenvalue weighted by atomic mass is 10.2. The summed E-state index contributed by atoms with van der Waals surface area (Å²) in [4.78, 5) is 20.9. The van der Waals surface area contributed by atoms with Crippen molar-refractivity contribution in [2.24, 2.45) is 4.99 Å². The predicted octanol–water partition coefficient (Wildman–Crippen LogP) is 7.44. The van der Waals surface area contributed by atoms with E-state index >= 15 is 0 Å². The lowest BCUT2D eigenvalue weighted by Gasteiger charge is -2.21. The van der Waals surface area contributed by atoms with E-state index in [4.69, 9.17) is 19.2 Å². The van der Waals surface area contributed by atoms with Crippen LogP contribution in [0.5, 0.6) is 11.5 Å². The normalized spacial score (nSPS) is 21.6. The minimum atomic E-state index is -0.634. The zero-order chi connectivity index (χ0) is 27.5. The number of anilines is 1. The summed E-state index contributed by atoms with van der Waals surface area (Å²) in [5.74, 6) is 1.29. The molecule has 3 atom stereocenters. The van der Waals surface area contributed by atoms with Crippen LogP contribution >= 0.6 is 23.1 Å². The van der Waals surface area contributed by atoms with Crippen LogP contribution in [-0.2, 0) is 9.53 Å². The Kier molecular flexibility index (Phi) is 7.73. The number of thioether (sulfide) groups is 1. The maximum atomic E-state index is 13.5. The number of hydrogen-bond acceptors (Lipinski definition) is 7.